The summed E-state index contributed by atoms with van der Waals surface area (Å²) in [5.41, 5.74) is 8.23. The summed E-state index contributed by atoms with van der Waals surface area (Å²) in [7, 11) is 0. The van der Waals surface area contributed by atoms with E-state index in [0.29, 0.717) is 6.42 Å². The highest BCUT2D eigenvalue weighted by Crippen LogP contribution is 2.44. The number of nitrogens with one attached hydrogen (secondary N) is 3. The number of hydrogen-bond donors (Lipinski definition) is 3. The van der Waals surface area contributed by atoms with Crippen molar-refractivity contribution in [3.05, 3.63) is 59.7 Å². The van der Waals surface area contributed by atoms with Gasteiger partial charge in [0, 0.05) is 5.92 Å². The SMILES string of the molecule is CCC(C)C(NC(=O)NNC(=O)OCC1c2ccccc2-c2ccccc21)C(=O)OC(C)(C)C. The van der Waals surface area contributed by atoms with E-state index in [2.05, 4.69) is 28.3 Å². The van der Waals surface area contributed by atoms with E-state index in [1.54, 1.807) is 20.8 Å². The molecule has 2 aromatic carbocycles. The molecule has 0 spiro atoms. The zero-order valence-electron chi connectivity index (χ0n) is 20.3. The van der Waals surface area contributed by atoms with Crippen LogP contribution in [0.3, 0.4) is 0 Å². The molecular formula is C26H33N3O5. The summed E-state index contributed by atoms with van der Waals surface area (Å²) < 4.78 is 10.8. The van der Waals surface area contributed by atoms with Crippen LogP contribution in [-0.2, 0) is 14.3 Å². The molecular weight excluding hydrogens is 434 g/mol. The number of amides is 3. The van der Waals surface area contributed by atoms with Gasteiger partial charge in [0.1, 0.15) is 18.2 Å². The quantitative estimate of drug-likeness (QED) is 0.429. The van der Waals surface area contributed by atoms with E-state index in [1.807, 2.05) is 50.2 Å². The van der Waals surface area contributed by atoms with Gasteiger partial charge in [-0.2, -0.15) is 0 Å². The van der Waals surface area contributed by atoms with Crippen molar-refractivity contribution >= 4 is 18.1 Å². The van der Waals surface area contributed by atoms with Crippen LogP contribution in [0.25, 0.3) is 11.1 Å². The lowest BCUT2D eigenvalue weighted by molar-refractivity contribution is -0.158. The molecule has 8 heteroatoms. The van der Waals surface area contributed by atoms with E-state index in [9.17, 15) is 14.4 Å². The highest BCUT2D eigenvalue weighted by molar-refractivity contribution is 5.85. The molecule has 0 fully saturated rings. The first-order valence-corrected chi connectivity index (χ1v) is 11.5. The highest BCUT2D eigenvalue weighted by atomic mass is 16.6. The van der Waals surface area contributed by atoms with Gasteiger partial charge in [0.2, 0.25) is 0 Å². The Balaban J connectivity index is 1.54. The summed E-state index contributed by atoms with van der Waals surface area (Å²) in [4.78, 5) is 37.1. The van der Waals surface area contributed by atoms with Gasteiger partial charge in [-0.15, -0.1) is 0 Å². The highest BCUT2D eigenvalue weighted by Gasteiger charge is 2.31. The molecule has 3 rings (SSSR count). The first-order valence-electron chi connectivity index (χ1n) is 11.5. The number of esters is 1. The summed E-state index contributed by atoms with van der Waals surface area (Å²) in [5.74, 6) is -0.776. The third-order valence-electron chi connectivity index (χ3n) is 5.78. The van der Waals surface area contributed by atoms with Crippen molar-refractivity contribution in [2.75, 3.05) is 6.61 Å². The van der Waals surface area contributed by atoms with Crippen LogP contribution in [0.1, 0.15) is 58.1 Å². The average Bonchev–Trinajstić information content (AvgIpc) is 3.12. The number of carbonyl (C=O) groups is 3. The van der Waals surface area contributed by atoms with Crippen LogP contribution >= 0.6 is 0 Å². The minimum atomic E-state index is -0.853. The molecule has 182 valence electrons. The number of fused-ring (bicyclic) bond motifs is 3. The Morgan fingerprint density at radius 2 is 1.50 bits per heavy atom. The summed E-state index contributed by atoms with van der Waals surface area (Å²) >= 11 is 0. The van der Waals surface area contributed by atoms with E-state index in [-0.39, 0.29) is 18.4 Å². The average molecular weight is 468 g/mol. The molecule has 2 aromatic rings. The zero-order chi connectivity index (χ0) is 24.9. The predicted molar refractivity (Wildman–Crippen MR) is 129 cm³/mol. The normalized spacial score (nSPS) is 14.3. The van der Waals surface area contributed by atoms with Gasteiger partial charge in [0.25, 0.3) is 0 Å². The van der Waals surface area contributed by atoms with Crippen molar-refractivity contribution in [3.8, 4) is 11.1 Å². The molecule has 0 heterocycles. The molecule has 8 nitrogen and oxygen atoms in total. The van der Waals surface area contributed by atoms with E-state index in [1.165, 1.54) is 0 Å². The van der Waals surface area contributed by atoms with Gasteiger partial charge in [-0.1, -0.05) is 68.8 Å². The molecule has 1 aliphatic rings. The van der Waals surface area contributed by atoms with Crippen LogP contribution in [0, 0.1) is 5.92 Å². The smallest absolute Gasteiger partial charge is 0.426 e. The molecule has 3 N–H and O–H groups in total. The number of urea groups is 1. The number of ether oxygens (including phenoxy) is 2. The van der Waals surface area contributed by atoms with Gasteiger partial charge < -0.3 is 14.8 Å². The van der Waals surface area contributed by atoms with Crippen molar-refractivity contribution < 1.29 is 23.9 Å². The lowest BCUT2D eigenvalue weighted by Crippen LogP contribution is -2.54. The van der Waals surface area contributed by atoms with E-state index >= 15 is 0 Å². The maximum absolute atomic E-state index is 12.5. The van der Waals surface area contributed by atoms with Gasteiger partial charge in [0.15, 0.2) is 0 Å². The van der Waals surface area contributed by atoms with E-state index < -0.39 is 29.7 Å². The predicted octanol–water partition coefficient (Wildman–Crippen LogP) is 4.50. The molecule has 2 atom stereocenters. The van der Waals surface area contributed by atoms with Gasteiger partial charge in [0.05, 0.1) is 0 Å². The van der Waals surface area contributed by atoms with E-state index in [4.69, 9.17) is 9.47 Å². The summed E-state index contributed by atoms with van der Waals surface area (Å²) in [6, 6.07) is 14.5. The molecule has 0 bridgehead atoms. The van der Waals surface area contributed by atoms with Crippen molar-refractivity contribution in [3.63, 3.8) is 0 Å². The van der Waals surface area contributed by atoms with Crippen LogP contribution in [0.15, 0.2) is 48.5 Å². The van der Waals surface area contributed by atoms with Crippen molar-refractivity contribution in [2.45, 2.75) is 58.6 Å². The fourth-order valence-corrected chi connectivity index (χ4v) is 3.95. The first kappa shape index (κ1) is 25.1. The van der Waals surface area contributed by atoms with Crippen LogP contribution in [-0.4, -0.2) is 36.3 Å². The molecule has 34 heavy (non-hydrogen) atoms. The van der Waals surface area contributed by atoms with Gasteiger partial charge in [-0.05, 0) is 48.9 Å². The van der Waals surface area contributed by atoms with Crippen molar-refractivity contribution in [1.82, 2.24) is 16.2 Å². The third kappa shape index (κ3) is 6.07. The molecule has 0 radical (unpaired) electrons. The molecule has 0 aromatic heterocycles. The van der Waals surface area contributed by atoms with Crippen molar-refractivity contribution in [2.24, 2.45) is 5.92 Å². The monoisotopic (exact) mass is 467 g/mol. The van der Waals surface area contributed by atoms with E-state index in [0.717, 1.165) is 22.3 Å². The van der Waals surface area contributed by atoms with Crippen LogP contribution in [0.5, 0.6) is 0 Å². The minimum Gasteiger partial charge on any atom is -0.458 e. The largest absolute Gasteiger partial charge is 0.458 e. The Hall–Kier alpha value is -3.55. The second-order valence-electron chi connectivity index (χ2n) is 9.45. The summed E-state index contributed by atoms with van der Waals surface area (Å²) in [6.45, 7) is 9.16. The first-order chi connectivity index (χ1) is 16.1. The minimum absolute atomic E-state index is 0.0890. The molecule has 3 amide bonds. The molecule has 0 saturated heterocycles. The number of hydrazine groups is 1. The molecule has 1 aliphatic carbocycles. The summed E-state index contributed by atoms with van der Waals surface area (Å²) in [5, 5.41) is 2.57. The Labute approximate surface area is 200 Å². The second kappa shape index (κ2) is 10.6. The second-order valence-corrected chi connectivity index (χ2v) is 9.45. The fraction of sp³-hybridized carbons (Fsp3) is 0.423. The molecule has 0 saturated carbocycles. The molecule has 0 aliphatic heterocycles. The Bertz CT molecular complexity index is 1000. The number of rotatable bonds is 6. The van der Waals surface area contributed by atoms with Crippen LogP contribution in [0.4, 0.5) is 9.59 Å². The summed E-state index contributed by atoms with van der Waals surface area (Å²) in [6.07, 6.45) is -0.140. The maximum Gasteiger partial charge on any atom is 0.426 e. The third-order valence-corrected chi connectivity index (χ3v) is 5.78. The number of benzene rings is 2. The molecule has 2 unspecified atom stereocenters. The Kier molecular flexibility index (Phi) is 7.81. The standard InChI is InChI=1S/C26H33N3O5/c1-6-16(2)22(23(30)34-26(3,4)5)27-24(31)28-29-25(32)33-15-21-19-13-9-7-11-17(19)18-12-8-10-14-20(18)21/h7-14,16,21-22H,6,15H2,1-5H3,(H,29,32)(H2,27,28,31). The van der Waals surface area contributed by atoms with Gasteiger partial charge in [-0.3, -0.25) is 0 Å². The fourth-order valence-electron chi connectivity index (χ4n) is 3.95. The maximum atomic E-state index is 12.5. The number of hydrogen-bond acceptors (Lipinski definition) is 5. The zero-order valence-corrected chi connectivity index (χ0v) is 20.3. The van der Waals surface area contributed by atoms with Gasteiger partial charge >= 0.3 is 18.1 Å². The van der Waals surface area contributed by atoms with Crippen LogP contribution in [0.2, 0.25) is 0 Å². The van der Waals surface area contributed by atoms with Crippen LogP contribution < -0.4 is 16.2 Å². The Morgan fingerprint density at radius 3 is 2.03 bits per heavy atom. The van der Waals surface area contributed by atoms with Gasteiger partial charge in [-0.25, -0.2) is 25.2 Å². The lowest BCUT2D eigenvalue weighted by atomic mass is 9.98. The lowest BCUT2D eigenvalue weighted by Gasteiger charge is -2.27. The Morgan fingerprint density at radius 1 is 0.941 bits per heavy atom. The number of carbonyl (C=O) groups excluding carboxylic acids is 3. The topological polar surface area (TPSA) is 106 Å². The van der Waals surface area contributed by atoms with Crippen molar-refractivity contribution in [1.29, 1.82) is 0 Å².